The summed E-state index contributed by atoms with van der Waals surface area (Å²) in [5.41, 5.74) is 7.00. The van der Waals surface area contributed by atoms with Crippen molar-refractivity contribution in [2.75, 3.05) is 6.54 Å². The number of hydrogen-bond acceptors (Lipinski definition) is 4. The van der Waals surface area contributed by atoms with Gasteiger partial charge in [0.25, 0.3) is 0 Å². The van der Waals surface area contributed by atoms with Crippen molar-refractivity contribution in [3.05, 3.63) is 78.4 Å². The number of likely N-dealkylation sites (tertiary alicyclic amines) is 1. The van der Waals surface area contributed by atoms with Gasteiger partial charge in [-0.1, -0.05) is 30.3 Å². The maximum atomic E-state index is 4.47. The highest BCUT2D eigenvalue weighted by Gasteiger charge is 2.26. The molecule has 1 aliphatic heterocycles. The van der Waals surface area contributed by atoms with E-state index in [1.165, 1.54) is 29.5 Å². The second-order valence-electron chi connectivity index (χ2n) is 7.53. The molecule has 0 spiro atoms. The summed E-state index contributed by atoms with van der Waals surface area (Å²) in [6.45, 7) is 2.10. The maximum absolute atomic E-state index is 4.47. The molecule has 3 heterocycles. The van der Waals surface area contributed by atoms with E-state index < -0.39 is 0 Å². The predicted octanol–water partition coefficient (Wildman–Crippen LogP) is 4.37. The summed E-state index contributed by atoms with van der Waals surface area (Å²) in [4.78, 5) is 11.4. The zero-order valence-corrected chi connectivity index (χ0v) is 16.0. The first-order valence-electron chi connectivity index (χ1n) is 9.79. The van der Waals surface area contributed by atoms with E-state index >= 15 is 0 Å². The highest BCUT2D eigenvalue weighted by Crippen LogP contribution is 2.34. The summed E-state index contributed by atoms with van der Waals surface area (Å²) in [5, 5.41) is 4.26. The van der Waals surface area contributed by atoms with Gasteiger partial charge in [-0.2, -0.15) is 5.10 Å². The molecule has 1 atom stereocenters. The average Bonchev–Trinajstić information content (AvgIpc) is 3.37. The van der Waals surface area contributed by atoms with Crippen LogP contribution in [0.25, 0.3) is 22.2 Å². The summed E-state index contributed by atoms with van der Waals surface area (Å²) in [6, 6.07) is 15.8. The molecule has 0 aliphatic carbocycles. The molecule has 2 aromatic heterocycles. The average molecular weight is 369 g/mol. The number of benzene rings is 2. The monoisotopic (exact) mass is 369 g/mol. The van der Waals surface area contributed by atoms with Crippen LogP contribution in [0.4, 0.5) is 0 Å². The van der Waals surface area contributed by atoms with Crippen LogP contribution in [0.3, 0.4) is 0 Å². The van der Waals surface area contributed by atoms with E-state index in [0.29, 0.717) is 6.04 Å². The number of aromatic nitrogens is 4. The van der Waals surface area contributed by atoms with Gasteiger partial charge in [-0.15, -0.1) is 0 Å². The molecule has 0 bridgehead atoms. The number of aryl methyl sites for hydroxylation is 1. The third kappa shape index (κ3) is 3.29. The van der Waals surface area contributed by atoms with E-state index in [2.05, 4.69) is 62.4 Å². The molecule has 2 aromatic carbocycles. The van der Waals surface area contributed by atoms with Crippen LogP contribution in [0.5, 0.6) is 0 Å². The first-order chi connectivity index (χ1) is 13.8. The number of fused-ring (bicyclic) bond motifs is 1. The van der Waals surface area contributed by atoms with Crippen molar-refractivity contribution >= 4 is 11.0 Å². The molecular formula is C23H23N5. The minimum Gasteiger partial charge on any atom is -0.292 e. The minimum absolute atomic E-state index is 0.449. The Kier molecular flexibility index (Phi) is 4.37. The first-order valence-corrected chi connectivity index (χ1v) is 9.79. The fourth-order valence-corrected chi connectivity index (χ4v) is 4.19. The predicted molar refractivity (Wildman–Crippen MR) is 111 cm³/mol. The van der Waals surface area contributed by atoms with Crippen LogP contribution in [0.1, 0.15) is 30.0 Å². The van der Waals surface area contributed by atoms with Crippen LogP contribution in [0.2, 0.25) is 0 Å². The van der Waals surface area contributed by atoms with Gasteiger partial charge >= 0.3 is 0 Å². The third-order valence-corrected chi connectivity index (χ3v) is 5.62. The fraction of sp³-hybridized carbons (Fsp3) is 0.261. The van der Waals surface area contributed by atoms with Gasteiger partial charge in [0.1, 0.15) is 0 Å². The van der Waals surface area contributed by atoms with Gasteiger partial charge < -0.3 is 0 Å². The Labute approximate surface area is 164 Å². The fourth-order valence-electron chi connectivity index (χ4n) is 4.19. The largest absolute Gasteiger partial charge is 0.292 e. The molecule has 140 valence electrons. The van der Waals surface area contributed by atoms with Crippen molar-refractivity contribution in [1.82, 2.24) is 24.6 Å². The molecule has 1 fully saturated rings. The lowest BCUT2D eigenvalue weighted by molar-refractivity contribution is 0.248. The third-order valence-electron chi connectivity index (χ3n) is 5.62. The molecule has 0 N–H and O–H groups in total. The van der Waals surface area contributed by atoms with Crippen LogP contribution in [0.15, 0.2) is 67.3 Å². The van der Waals surface area contributed by atoms with Crippen molar-refractivity contribution < 1.29 is 0 Å². The molecule has 5 rings (SSSR count). The van der Waals surface area contributed by atoms with E-state index in [1.54, 1.807) is 12.4 Å². The molecule has 0 amide bonds. The second-order valence-corrected chi connectivity index (χ2v) is 7.53. The van der Waals surface area contributed by atoms with Crippen molar-refractivity contribution in [3.8, 4) is 11.1 Å². The summed E-state index contributed by atoms with van der Waals surface area (Å²) in [5.74, 6) is 0. The summed E-state index contributed by atoms with van der Waals surface area (Å²) in [7, 11) is 1.95. The summed E-state index contributed by atoms with van der Waals surface area (Å²) in [6.07, 6.45) is 9.90. The topological polar surface area (TPSA) is 46.8 Å². The van der Waals surface area contributed by atoms with Crippen molar-refractivity contribution in [2.45, 2.75) is 25.4 Å². The van der Waals surface area contributed by atoms with Crippen LogP contribution >= 0.6 is 0 Å². The quantitative estimate of drug-likeness (QED) is 0.536. The SMILES string of the molecule is Cn1cc(-c2ccc(CN3CCC[C@@H]3c3ccc4nccnc4c3)cc2)cn1. The Morgan fingerprint density at radius 1 is 0.964 bits per heavy atom. The van der Waals surface area contributed by atoms with Gasteiger partial charge in [0.2, 0.25) is 0 Å². The molecule has 5 nitrogen and oxygen atoms in total. The van der Waals surface area contributed by atoms with Gasteiger partial charge in [-0.3, -0.25) is 19.5 Å². The molecule has 1 aliphatic rings. The van der Waals surface area contributed by atoms with Crippen LogP contribution in [-0.2, 0) is 13.6 Å². The Hall–Kier alpha value is -3.05. The lowest BCUT2D eigenvalue weighted by atomic mass is 10.0. The molecule has 1 saturated heterocycles. The number of rotatable bonds is 4. The van der Waals surface area contributed by atoms with Crippen molar-refractivity contribution in [1.29, 1.82) is 0 Å². The second kappa shape index (κ2) is 7.17. The highest BCUT2D eigenvalue weighted by atomic mass is 15.2. The van der Waals surface area contributed by atoms with Gasteiger partial charge in [0, 0.05) is 43.8 Å². The summed E-state index contributed by atoms with van der Waals surface area (Å²) < 4.78 is 1.84. The van der Waals surface area contributed by atoms with E-state index in [1.807, 2.05) is 24.1 Å². The molecular weight excluding hydrogens is 346 g/mol. The zero-order chi connectivity index (χ0) is 18.9. The molecule has 0 unspecified atom stereocenters. The molecule has 0 radical (unpaired) electrons. The smallest absolute Gasteiger partial charge is 0.0890 e. The Morgan fingerprint density at radius 3 is 2.57 bits per heavy atom. The Balaban J connectivity index is 1.35. The standard InChI is InChI=1S/C23H23N5/c1-27-16-20(14-26-27)18-6-4-17(5-7-18)15-28-12-2-3-23(28)19-8-9-21-22(13-19)25-11-10-24-21/h4-11,13-14,16,23H,2-3,12,15H2,1H3/t23-/m1/s1. The molecule has 28 heavy (non-hydrogen) atoms. The van der Waals surface area contributed by atoms with E-state index in [4.69, 9.17) is 0 Å². The van der Waals surface area contributed by atoms with E-state index in [0.717, 1.165) is 29.7 Å². The zero-order valence-electron chi connectivity index (χ0n) is 16.0. The van der Waals surface area contributed by atoms with Crippen LogP contribution in [-0.4, -0.2) is 31.2 Å². The van der Waals surface area contributed by atoms with E-state index in [-0.39, 0.29) is 0 Å². The Morgan fingerprint density at radius 2 is 1.79 bits per heavy atom. The van der Waals surface area contributed by atoms with Crippen molar-refractivity contribution in [3.63, 3.8) is 0 Å². The van der Waals surface area contributed by atoms with Gasteiger partial charge in [-0.05, 0) is 48.2 Å². The van der Waals surface area contributed by atoms with E-state index in [9.17, 15) is 0 Å². The minimum atomic E-state index is 0.449. The normalized spacial score (nSPS) is 17.4. The lowest BCUT2D eigenvalue weighted by Crippen LogP contribution is -2.22. The molecule has 0 saturated carbocycles. The summed E-state index contributed by atoms with van der Waals surface area (Å²) >= 11 is 0. The molecule has 4 aromatic rings. The number of hydrogen-bond donors (Lipinski definition) is 0. The highest BCUT2D eigenvalue weighted by molar-refractivity contribution is 5.74. The van der Waals surface area contributed by atoms with Gasteiger partial charge in [0.05, 0.1) is 17.2 Å². The first kappa shape index (κ1) is 17.1. The molecule has 5 heteroatoms. The van der Waals surface area contributed by atoms with Gasteiger partial charge in [-0.25, -0.2) is 0 Å². The Bertz CT molecular complexity index is 1100. The number of nitrogens with zero attached hydrogens (tertiary/aromatic N) is 5. The van der Waals surface area contributed by atoms with Crippen LogP contribution < -0.4 is 0 Å². The van der Waals surface area contributed by atoms with Crippen molar-refractivity contribution in [2.24, 2.45) is 7.05 Å². The lowest BCUT2D eigenvalue weighted by Gasteiger charge is -2.25. The van der Waals surface area contributed by atoms with Gasteiger partial charge in [0.15, 0.2) is 0 Å². The maximum Gasteiger partial charge on any atom is 0.0890 e. The van der Waals surface area contributed by atoms with Crippen LogP contribution in [0, 0.1) is 0 Å².